The summed E-state index contributed by atoms with van der Waals surface area (Å²) < 4.78 is 0. The van der Waals surface area contributed by atoms with Crippen LogP contribution in [0.2, 0.25) is 0 Å². The van der Waals surface area contributed by atoms with E-state index in [1.54, 1.807) is 0 Å². The number of anilines is 1. The normalized spacial score (nSPS) is 12.5. The van der Waals surface area contributed by atoms with Gasteiger partial charge in [0, 0.05) is 17.8 Å². The Hall–Kier alpha value is -1.16. The zero-order valence-electron chi connectivity index (χ0n) is 10.9. The van der Waals surface area contributed by atoms with Gasteiger partial charge < -0.3 is 11.1 Å². The maximum atomic E-state index is 5.63. The van der Waals surface area contributed by atoms with Crippen molar-refractivity contribution in [2.24, 2.45) is 17.6 Å². The Morgan fingerprint density at radius 3 is 2.59 bits per heavy atom. The van der Waals surface area contributed by atoms with E-state index >= 15 is 0 Å². The molecule has 3 N–H and O–H groups in total. The summed E-state index contributed by atoms with van der Waals surface area (Å²) in [5.74, 6) is 2.10. The lowest BCUT2D eigenvalue weighted by Gasteiger charge is -2.17. The topological polar surface area (TPSA) is 50.9 Å². The van der Waals surface area contributed by atoms with Crippen LogP contribution in [0.4, 0.5) is 5.82 Å². The van der Waals surface area contributed by atoms with Crippen molar-refractivity contribution in [2.75, 3.05) is 11.9 Å². The average molecular weight is 251 g/mol. The second-order valence-corrected chi connectivity index (χ2v) is 5.29. The fourth-order valence-corrected chi connectivity index (χ4v) is 1.52. The number of hydrogen-bond donors (Lipinski definition) is 2. The van der Waals surface area contributed by atoms with E-state index in [1.165, 1.54) is 0 Å². The minimum absolute atomic E-state index is 0.412. The van der Waals surface area contributed by atoms with Gasteiger partial charge in [0.25, 0.3) is 0 Å². The highest BCUT2D eigenvalue weighted by molar-refractivity contribution is 7.80. The summed E-state index contributed by atoms with van der Waals surface area (Å²) in [4.78, 5) is 4.83. The first kappa shape index (κ1) is 13.9. The van der Waals surface area contributed by atoms with Gasteiger partial charge in [-0.3, -0.25) is 0 Å². The second kappa shape index (κ2) is 5.96. The molecule has 1 atom stereocenters. The molecular weight excluding hydrogens is 230 g/mol. The summed E-state index contributed by atoms with van der Waals surface area (Å²) >= 11 is 4.98. The number of aromatic nitrogens is 1. The smallest absolute Gasteiger partial charge is 0.126 e. The van der Waals surface area contributed by atoms with Gasteiger partial charge in [-0.25, -0.2) is 4.98 Å². The highest BCUT2D eigenvalue weighted by Gasteiger charge is 2.08. The van der Waals surface area contributed by atoms with E-state index in [2.05, 4.69) is 31.1 Å². The van der Waals surface area contributed by atoms with E-state index in [1.807, 2.05) is 19.1 Å². The van der Waals surface area contributed by atoms with Gasteiger partial charge in [-0.2, -0.15) is 0 Å². The Bertz CT molecular complexity index is 402. The van der Waals surface area contributed by atoms with E-state index < -0.39 is 0 Å². The molecule has 1 rings (SSSR count). The Balaban J connectivity index is 2.74. The zero-order chi connectivity index (χ0) is 13.0. The van der Waals surface area contributed by atoms with Gasteiger partial charge in [0.05, 0.1) is 0 Å². The standard InChI is InChI=1S/C13H21N3S/c1-8(2)9(3)7-15-12-6-11(13(14)17)5-10(4)16-12/h5-6,8-9H,7H2,1-4H3,(H2,14,17)(H,15,16). The van der Waals surface area contributed by atoms with Gasteiger partial charge >= 0.3 is 0 Å². The first-order chi connectivity index (χ1) is 7.90. The zero-order valence-corrected chi connectivity index (χ0v) is 11.8. The fraction of sp³-hybridized carbons (Fsp3) is 0.538. The molecule has 94 valence electrons. The molecule has 0 saturated heterocycles. The molecule has 3 nitrogen and oxygen atoms in total. The molecule has 0 aliphatic heterocycles. The van der Waals surface area contributed by atoms with Gasteiger partial charge in [0.15, 0.2) is 0 Å². The number of nitrogens with zero attached hydrogens (tertiary/aromatic N) is 1. The summed E-state index contributed by atoms with van der Waals surface area (Å²) in [7, 11) is 0. The van der Waals surface area contributed by atoms with E-state index in [-0.39, 0.29) is 0 Å². The van der Waals surface area contributed by atoms with Crippen LogP contribution in [0.1, 0.15) is 32.0 Å². The molecule has 0 amide bonds. The molecular formula is C13H21N3S. The van der Waals surface area contributed by atoms with Crippen LogP contribution in [0.15, 0.2) is 12.1 Å². The van der Waals surface area contributed by atoms with Gasteiger partial charge in [-0.1, -0.05) is 33.0 Å². The Morgan fingerprint density at radius 2 is 2.06 bits per heavy atom. The van der Waals surface area contributed by atoms with Crippen LogP contribution in [0.25, 0.3) is 0 Å². The highest BCUT2D eigenvalue weighted by Crippen LogP contribution is 2.13. The van der Waals surface area contributed by atoms with E-state index in [0.717, 1.165) is 23.6 Å². The lowest BCUT2D eigenvalue weighted by atomic mass is 9.98. The van der Waals surface area contributed by atoms with Crippen LogP contribution in [0.3, 0.4) is 0 Å². The number of nitrogens with one attached hydrogen (secondary N) is 1. The molecule has 4 heteroatoms. The van der Waals surface area contributed by atoms with Crippen LogP contribution >= 0.6 is 12.2 Å². The van der Waals surface area contributed by atoms with Crippen molar-refractivity contribution in [1.29, 1.82) is 0 Å². The van der Waals surface area contributed by atoms with E-state index in [4.69, 9.17) is 18.0 Å². The summed E-state index contributed by atoms with van der Waals surface area (Å²) in [5.41, 5.74) is 7.43. The number of thiocarbonyl (C=S) groups is 1. The molecule has 1 unspecified atom stereocenters. The number of rotatable bonds is 5. The van der Waals surface area contributed by atoms with Gasteiger partial charge in [-0.05, 0) is 30.9 Å². The van der Waals surface area contributed by atoms with Crippen molar-refractivity contribution >= 4 is 23.0 Å². The third-order valence-corrected chi connectivity index (χ3v) is 3.22. The molecule has 17 heavy (non-hydrogen) atoms. The predicted molar refractivity (Wildman–Crippen MR) is 77.4 cm³/mol. The van der Waals surface area contributed by atoms with Crippen molar-refractivity contribution in [3.63, 3.8) is 0 Å². The van der Waals surface area contributed by atoms with Gasteiger partial charge in [0.1, 0.15) is 10.8 Å². The second-order valence-electron chi connectivity index (χ2n) is 4.85. The average Bonchev–Trinajstić information content (AvgIpc) is 2.24. The summed E-state index contributed by atoms with van der Waals surface area (Å²) in [6.45, 7) is 9.51. The quantitative estimate of drug-likeness (QED) is 0.790. The lowest BCUT2D eigenvalue weighted by molar-refractivity contribution is 0.439. The molecule has 1 aromatic heterocycles. The number of nitrogens with two attached hydrogens (primary N) is 1. The number of hydrogen-bond acceptors (Lipinski definition) is 3. The molecule has 0 bridgehead atoms. The van der Waals surface area contributed by atoms with Crippen molar-refractivity contribution in [1.82, 2.24) is 4.98 Å². The molecule has 0 aromatic carbocycles. The molecule has 0 aliphatic rings. The SMILES string of the molecule is Cc1cc(C(N)=S)cc(NCC(C)C(C)C)n1. The van der Waals surface area contributed by atoms with Crippen LogP contribution in [0.5, 0.6) is 0 Å². The van der Waals surface area contributed by atoms with Gasteiger partial charge in [-0.15, -0.1) is 0 Å². The van der Waals surface area contributed by atoms with Crippen LogP contribution < -0.4 is 11.1 Å². The van der Waals surface area contributed by atoms with E-state index in [9.17, 15) is 0 Å². The Kier molecular flexibility index (Phi) is 4.87. The minimum Gasteiger partial charge on any atom is -0.389 e. The summed E-state index contributed by atoms with van der Waals surface area (Å²) in [6, 6.07) is 3.81. The third-order valence-electron chi connectivity index (χ3n) is 2.98. The lowest BCUT2D eigenvalue weighted by Crippen LogP contribution is -2.18. The Morgan fingerprint density at radius 1 is 1.41 bits per heavy atom. The van der Waals surface area contributed by atoms with Gasteiger partial charge in [0.2, 0.25) is 0 Å². The first-order valence-electron chi connectivity index (χ1n) is 5.92. The Labute approximate surface area is 109 Å². The summed E-state index contributed by atoms with van der Waals surface area (Å²) in [6.07, 6.45) is 0. The first-order valence-corrected chi connectivity index (χ1v) is 6.33. The maximum absolute atomic E-state index is 5.63. The molecule has 0 spiro atoms. The van der Waals surface area contributed by atoms with Crippen molar-refractivity contribution < 1.29 is 0 Å². The molecule has 0 aliphatic carbocycles. The maximum Gasteiger partial charge on any atom is 0.126 e. The molecule has 1 aromatic rings. The molecule has 1 heterocycles. The number of aryl methyl sites for hydroxylation is 1. The van der Waals surface area contributed by atoms with Crippen molar-refractivity contribution in [3.05, 3.63) is 23.4 Å². The third kappa shape index (κ3) is 4.30. The van der Waals surface area contributed by atoms with E-state index in [0.29, 0.717) is 16.8 Å². The van der Waals surface area contributed by atoms with Crippen LogP contribution in [-0.2, 0) is 0 Å². The number of pyridine rings is 1. The summed E-state index contributed by atoms with van der Waals surface area (Å²) in [5, 5.41) is 3.34. The highest BCUT2D eigenvalue weighted by atomic mass is 32.1. The van der Waals surface area contributed by atoms with Crippen LogP contribution in [0, 0.1) is 18.8 Å². The van der Waals surface area contributed by atoms with Crippen molar-refractivity contribution in [2.45, 2.75) is 27.7 Å². The molecule has 0 radical (unpaired) electrons. The predicted octanol–water partition coefficient (Wildman–Crippen LogP) is 2.73. The molecule has 0 fully saturated rings. The fourth-order valence-electron chi connectivity index (χ4n) is 1.40. The largest absolute Gasteiger partial charge is 0.389 e. The van der Waals surface area contributed by atoms with Crippen LogP contribution in [-0.4, -0.2) is 16.5 Å². The van der Waals surface area contributed by atoms with Crippen molar-refractivity contribution in [3.8, 4) is 0 Å². The molecule has 0 saturated carbocycles. The minimum atomic E-state index is 0.412. The monoisotopic (exact) mass is 251 g/mol.